The predicted molar refractivity (Wildman–Crippen MR) is 145 cm³/mol. The Kier molecular flexibility index (Phi) is 7.42. The minimum absolute atomic E-state index is 0.0362. The molecular weight excluding hydrogens is 460 g/mol. The number of amides is 1. The highest BCUT2D eigenvalue weighted by Crippen LogP contribution is 2.35. The number of carbonyl (C=O) groups excluding carboxylic acids is 2. The molecule has 184 valence electrons. The van der Waals surface area contributed by atoms with Crippen LogP contribution < -0.4 is 5.32 Å². The normalized spacial score (nSPS) is 16.3. The first-order valence-corrected chi connectivity index (χ1v) is 12.3. The smallest absolute Gasteiger partial charge is 0.338 e. The molecule has 0 aliphatic carbocycles. The van der Waals surface area contributed by atoms with Crippen LogP contribution in [0.15, 0.2) is 133 Å². The van der Waals surface area contributed by atoms with Crippen LogP contribution in [0.2, 0.25) is 0 Å². The first-order valence-electron chi connectivity index (χ1n) is 12.3. The average molecular weight is 489 g/mol. The van der Waals surface area contributed by atoms with E-state index in [-0.39, 0.29) is 24.6 Å². The number of benzene rings is 4. The Morgan fingerprint density at radius 3 is 1.92 bits per heavy atom. The number of rotatable bonds is 9. The Bertz CT molecular complexity index is 1340. The van der Waals surface area contributed by atoms with Crippen LogP contribution in [0.1, 0.15) is 33.6 Å². The van der Waals surface area contributed by atoms with Gasteiger partial charge >= 0.3 is 5.97 Å². The van der Waals surface area contributed by atoms with E-state index in [4.69, 9.17) is 4.74 Å². The van der Waals surface area contributed by atoms with E-state index in [1.54, 1.807) is 30.3 Å². The van der Waals surface area contributed by atoms with Crippen LogP contribution in [0.3, 0.4) is 0 Å². The fourth-order valence-electron chi connectivity index (χ4n) is 4.70. The molecule has 0 spiro atoms. The number of nitrogens with zero attached hydrogens (tertiary/aromatic N) is 1. The molecule has 37 heavy (non-hydrogen) atoms. The van der Waals surface area contributed by atoms with Gasteiger partial charge in [-0.2, -0.15) is 0 Å². The van der Waals surface area contributed by atoms with E-state index in [0.29, 0.717) is 5.56 Å². The van der Waals surface area contributed by atoms with Crippen LogP contribution in [0.5, 0.6) is 0 Å². The maximum absolute atomic E-state index is 13.4. The quantitative estimate of drug-likeness (QED) is 0.285. The third-order valence-electron chi connectivity index (χ3n) is 6.51. The van der Waals surface area contributed by atoms with Gasteiger partial charge in [0.2, 0.25) is 5.91 Å². The van der Waals surface area contributed by atoms with E-state index in [0.717, 1.165) is 16.8 Å². The van der Waals surface area contributed by atoms with Gasteiger partial charge in [0.15, 0.2) is 0 Å². The van der Waals surface area contributed by atoms with E-state index < -0.39 is 12.0 Å². The second kappa shape index (κ2) is 11.4. The Labute approximate surface area is 217 Å². The largest absolute Gasteiger partial charge is 0.460 e. The second-order valence-corrected chi connectivity index (χ2v) is 8.88. The Hall–Kier alpha value is -4.64. The van der Waals surface area contributed by atoms with Gasteiger partial charge in [0, 0.05) is 11.8 Å². The Balaban J connectivity index is 1.48. The van der Waals surface area contributed by atoms with Crippen molar-refractivity contribution in [3.05, 3.63) is 150 Å². The summed E-state index contributed by atoms with van der Waals surface area (Å²) < 4.78 is 5.78. The summed E-state index contributed by atoms with van der Waals surface area (Å²) in [6.45, 7) is 0.0362. The molecule has 1 heterocycles. The first-order chi connectivity index (χ1) is 18.2. The van der Waals surface area contributed by atoms with Crippen molar-refractivity contribution in [1.29, 1.82) is 0 Å². The molecule has 0 radical (unpaired) electrons. The van der Waals surface area contributed by atoms with Crippen molar-refractivity contribution in [1.82, 2.24) is 4.90 Å². The molecule has 0 bridgehead atoms. The number of hydrogen-bond acceptors (Lipinski definition) is 4. The van der Waals surface area contributed by atoms with Crippen molar-refractivity contribution in [2.24, 2.45) is 0 Å². The van der Waals surface area contributed by atoms with Crippen molar-refractivity contribution in [2.45, 2.75) is 18.1 Å². The molecule has 4 aromatic rings. The number of carbonyl (C=O) groups is 2. The molecular formula is C32H28N2O3. The molecule has 5 nitrogen and oxygen atoms in total. The molecule has 1 N–H and O–H groups in total. The molecule has 4 aromatic carbocycles. The summed E-state index contributed by atoms with van der Waals surface area (Å²) in [4.78, 5) is 28.0. The van der Waals surface area contributed by atoms with Gasteiger partial charge in [0.25, 0.3) is 0 Å². The minimum Gasteiger partial charge on any atom is -0.460 e. The summed E-state index contributed by atoms with van der Waals surface area (Å²) in [7, 11) is 0. The molecule has 3 atom stereocenters. The van der Waals surface area contributed by atoms with Crippen molar-refractivity contribution < 1.29 is 14.3 Å². The van der Waals surface area contributed by atoms with Gasteiger partial charge in [-0.15, -0.1) is 0 Å². The Morgan fingerprint density at radius 1 is 0.757 bits per heavy atom. The maximum atomic E-state index is 13.4. The lowest BCUT2D eigenvalue weighted by Crippen LogP contribution is -2.44. The molecule has 0 aromatic heterocycles. The van der Waals surface area contributed by atoms with Gasteiger partial charge in [-0.25, -0.2) is 4.79 Å². The monoisotopic (exact) mass is 488 g/mol. The second-order valence-electron chi connectivity index (χ2n) is 8.88. The summed E-state index contributed by atoms with van der Waals surface area (Å²) in [5.41, 5.74) is 3.38. The van der Waals surface area contributed by atoms with Gasteiger partial charge in [0.05, 0.1) is 23.7 Å². The fourth-order valence-corrected chi connectivity index (χ4v) is 4.70. The number of anilines is 1. The van der Waals surface area contributed by atoms with E-state index in [1.165, 1.54) is 0 Å². The molecule has 0 saturated carbocycles. The van der Waals surface area contributed by atoms with E-state index in [2.05, 4.69) is 17.4 Å². The number of nitrogens with one attached hydrogen (secondary N) is 1. The van der Waals surface area contributed by atoms with Gasteiger partial charge in [0.1, 0.15) is 6.61 Å². The maximum Gasteiger partial charge on any atom is 0.338 e. The first kappa shape index (κ1) is 24.1. The fraction of sp³-hybridized carbons (Fsp3) is 0.125. The zero-order chi connectivity index (χ0) is 25.5. The highest BCUT2D eigenvalue weighted by Gasteiger charge is 2.39. The molecule has 0 unspecified atom stereocenters. The summed E-state index contributed by atoms with van der Waals surface area (Å²) in [6, 6.07) is 37.7. The number of esters is 1. The van der Waals surface area contributed by atoms with Crippen LogP contribution >= 0.6 is 0 Å². The molecule has 1 aliphatic rings. The van der Waals surface area contributed by atoms with E-state index in [9.17, 15) is 9.59 Å². The van der Waals surface area contributed by atoms with Crippen molar-refractivity contribution in [3.63, 3.8) is 0 Å². The summed E-state index contributed by atoms with van der Waals surface area (Å²) in [5.74, 6) is -0.537. The number of hydrogen-bond donors (Lipinski definition) is 1. The average Bonchev–Trinajstić information content (AvgIpc) is 3.34. The van der Waals surface area contributed by atoms with Crippen LogP contribution in [-0.2, 0) is 9.53 Å². The topological polar surface area (TPSA) is 58.6 Å². The standard InChI is InChI=1S/C32H28N2O3/c35-30-22-21-28(31(25-15-7-2-8-16-25)33-27-19-11-4-12-20-27)34(30)29(24-13-5-1-6-14-24)23-37-32(36)26-17-9-3-10-18-26/h1-22,28-29,31,33H,23H2/t28-,29+,31+/m1/s1. The molecule has 1 aliphatic heterocycles. The summed E-state index contributed by atoms with van der Waals surface area (Å²) in [6.07, 6.45) is 3.55. The van der Waals surface area contributed by atoms with Gasteiger partial charge < -0.3 is 15.0 Å². The zero-order valence-electron chi connectivity index (χ0n) is 20.3. The van der Waals surface area contributed by atoms with Crippen molar-refractivity contribution in [2.75, 3.05) is 11.9 Å². The SMILES string of the molecule is O=C(OC[C@@H](c1ccccc1)N1C(=O)C=C[C@@H]1[C@@H](Nc1ccccc1)c1ccccc1)c1ccccc1. The lowest BCUT2D eigenvalue weighted by atomic mass is 9.96. The van der Waals surface area contributed by atoms with E-state index in [1.807, 2.05) is 95.9 Å². The molecule has 1 amide bonds. The van der Waals surface area contributed by atoms with E-state index >= 15 is 0 Å². The summed E-state index contributed by atoms with van der Waals surface area (Å²) in [5, 5.41) is 3.63. The van der Waals surface area contributed by atoms with Crippen molar-refractivity contribution >= 4 is 17.6 Å². The molecule has 5 heteroatoms. The van der Waals surface area contributed by atoms with Crippen LogP contribution in [0, 0.1) is 0 Å². The van der Waals surface area contributed by atoms with Crippen LogP contribution in [0.4, 0.5) is 5.69 Å². The molecule has 5 rings (SSSR count). The van der Waals surface area contributed by atoms with Crippen LogP contribution in [0.25, 0.3) is 0 Å². The van der Waals surface area contributed by atoms with Crippen molar-refractivity contribution in [3.8, 4) is 0 Å². The predicted octanol–water partition coefficient (Wildman–Crippen LogP) is 6.21. The highest BCUT2D eigenvalue weighted by molar-refractivity contribution is 5.92. The van der Waals surface area contributed by atoms with Gasteiger partial charge in [-0.05, 0) is 35.4 Å². The number of ether oxygens (including phenoxy) is 1. The lowest BCUT2D eigenvalue weighted by molar-refractivity contribution is -0.130. The lowest BCUT2D eigenvalue weighted by Gasteiger charge is -2.38. The van der Waals surface area contributed by atoms with Crippen LogP contribution in [-0.4, -0.2) is 29.4 Å². The number of para-hydroxylation sites is 1. The third-order valence-corrected chi connectivity index (χ3v) is 6.51. The molecule has 0 saturated heterocycles. The third kappa shape index (κ3) is 5.62. The molecule has 0 fully saturated rings. The highest BCUT2D eigenvalue weighted by atomic mass is 16.5. The zero-order valence-corrected chi connectivity index (χ0v) is 20.3. The summed E-state index contributed by atoms with van der Waals surface area (Å²) >= 11 is 0. The Morgan fingerprint density at radius 2 is 1.30 bits per heavy atom. The van der Waals surface area contributed by atoms with Gasteiger partial charge in [-0.3, -0.25) is 4.79 Å². The minimum atomic E-state index is -0.467. The van der Waals surface area contributed by atoms with Gasteiger partial charge in [-0.1, -0.05) is 103 Å².